The lowest BCUT2D eigenvalue weighted by molar-refractivity contribution is 0.318. The van der Waals surface area contributed by atoms with Gasteiger partial charge in [0, 0.05) is 29.8 Å². The van der Waals surface area contributed by atoms with Gasteiger partial charge in [-0.2, -0.15) is 0 Å². The van der Waals surface area contributed by atoms with E-state index in [9.17, 15) is 0 Å². The number of nitrogens with zero attached hydrogens (tertiary/aromatic N) is 1. The molecule has 0 aromatic heterocycles. The van der Waals surface area contributed by atoms with Gasteiger partial charge >= 0.3 is 0 Å². The Morgan fingerprint density at radius 2 is 2.16 bits per heavy atom. The van der Waals surface area contributed by atoms with E-state index < -0.39 is 0 Å². The van der Waals surface area contributed by atoms with E-state index in [4.69, 9.17) is 17.3 Å². The standard InChI is InChI=1S/C16H25ClN2/c1-3-19(11-13-6-4-7-13)16-9-5-8-15(17)14(16)10-12(2)18/h5,8-9,12-13H,3-4,6-7,10-11,18H2,1-2H3. The van der Waals surface area contributed by atoms with E-state index in [1.54, 1.807) is 0 Å². The summed E-state index contributed by atoms with van der Waals surface area (Å²) < 4.78 is 0. The zero-order chi connectivity index (χ0) is 13.8. The minimum absolute atomic E-state index is 0.140. The Kier molecular flexibility index (Phi) is 5.12. The number of hydrogen-bond donors (Lipinski definition) is 1. The smallest absolute Gasteiger partial charge is 0.0459 e. The van der Waals surface area contributed by atoms with Crippen molar-refractivity contribution in [3.63, 3.8) is 0 Å². The molecule has 0 radical (unpaired) electrons. The Morgan fingerprint density at radius 1 is 1.42 bits per heavy atom. The number of nitrogens with two attached hydrogens (primary N) is 1. The van der Waals surface area contributed by atoms with Gasteiger partial charge in [0.1, 0.15) is 0 Å². The highest BCUT2D eigenvalue weighted by atomic mass is 35.5. The van der Waals surface area contributed by atoms with Gasteiger partial charge in [0.2, 0.25) is 0 Å². The Labute approximate surface area is 121 Å². The summed E-state index contributed by atoms with van der Waals surface area (Å²) >= 11 is 6.38. The summed E-state index contributed by atoms with van der Waals surface area (Å²) in [6.45, 7) is 6.44. The van der Waals surface area contributed by atoms with Crippen LogP contribution in [-0.4, -0.2) is 19.1 Å². The summed E-state index contributed by atoms with van der Waals surface area (Å²) in [6.07, 6.45) is 4.99. The van der Waals surface area contributed by atoms with Crippen molar-refractivity contribution in [1.82, 2.24) is 0 Å². The summed E-state index contributed by atoms with van der Waals surface area (Å²) in [4.78, 5) is 2.47. The van der Waals surface area contributed by atoms with E-state index in [1.165, 1.54) is 30.5 Å². The van der Waals surface area contributed by atoms with Gasteiger partial charge in [-0.15, -0.1) is 0 Å². The first-order valence-corrected chi connectivity index (χ1v) is 7.77. The van der Waals surface area contributed by atoms with Crippen molar-refractivity contribution in [2.24, 2.45) is 11.7 Å². The van der Waals surface area contributed by atoms with Crippen LogP contribution < -0.4 is 10.6 Å². The van der Waals surface area contributed by atoms with E-state index in [0.29, 0.717) is 0 Å². The summed E-state index contributed by atoms with van der Waals surface area (Å²) in [6, 6.07) is 6.35. The van der Waals surface area contributed by atoms with Gasteiger partial charge in [-0.1, -0.05) is 24.1 Å². The number of anilines is 1. The van der Waals surface area contributed by atoms with Gasteiger partial charge in [0.05, 0.1) is 0 Å². The highest BCUT2D eigenvalue weighted by Gasteiger charge is 2.22. The van der Waals surface area contributed by atoms with E-state index in [1.807, 2.05) is 19.1 Å². The van der Waals surface area contributed by atoms with Crippen LogP contribution in [0.15, 0.2) is 18.2 Å². The van der Waals surface area contributed by atoms with Crippen LogP contribution >= 0.6 is 11.6 Å². The largest absolute Gasteiger partial charge is 0.371 e. The maximum atomic E-state index is 6.38. The molecular formula is C16H25ClN2. The van der Waals surface area contributed by atoms with Crippen LogP contribution in [-0.2, 0) is 6.42 Å². The second-order valence-electron chi connectivity index (χ2n) is 5.75. The maximum absolute atomic E-state index is 6.38. The molecule has 1 aromatic carbocycles. The molecule has 2 nitrogen and oxygen atoms in total. The second kappa shape index (κ2) is 6.62. The second-order valence-corrected chi connectivity index (χ2v) is 6.16. The average molecular weight is 281 g/mol. The molecule has 1 unspecified atom stereocenters. The lowest BCUT2D eigenvalue weighted by Crippen LogP contribution is -2.33. The van der Waals surface area contributed by atoms with E-state index in [-0.39, 0.29) is 6.04 Å². The van der Waals surface area contributed by atoms with Gasteiger partial charge < -0.3 is 10.6 Å². The molecule has 0 amide bonds. The number of benzene rings is 1. The number of rotatable bonds is 6. The van der Waals surface area contributed by atoms with Crippen molar-refractivity contribution in [1.29, 1.82) is 0 Å². The van der Waals surface area contributed by atoms with Gasteiger partial charge in [-0.25, -0.2) is 0 Å². The van der Waals surface area contributed by atoms with Gasteiger partial charge in [0.25, 0.3) is 0 Å². The monoisotopic (exact) mass is 280 g/mol. The van der Waals surface area contributed by atoms with Crippen molar-refractivity contribution in [2.75, 3.05) is 18.0 Å². The predicted molar refractivity (Wildman–Crippen MR) is 84.0 cm³/mol. The first-order valence-electron chi connectivity index (χ1n) is 7.39. The first-order chi connectivity index (χ1) is 9.11. The molecule has 0 aliphatic heterocycles. The predicted octanol–water partition coefficient (Wildman–Crippen LogP) is 3.86. The molecule has 0 bridgehead atoms. The Morgan fingerprint density at radius 3 is 2.68 bits per heavy atom. The molecular weight excluding hydrogens is 256 g/mol. The Hall–Kier alpha value is -0.730. The molecule has 19 heavy (non-hydrogen) atoms. The van der Waals surface area contributed by atoms with E-state index in [0.717, 1.165) is 30.5 Å². The highest BCUT2D eigenvalue weighted by Crippen LogP contribution is 2.32. The molecule has 106 valence electrons. The summed E-state index contributed by atoms with van der Waals surface area (Å²) in [5.41, 5.74) is 8.45. The molecule has 1 aliphatic carbocycles. The fraction of sp³-hybridized carbons (Fsp3) is 0.625. The molecule has 0 heterocycles. The minimum atomic E-state index is 0.140. The summed E-state index contributed by atoms with van der Waals surface area (Å²) in [7, 11) is 0. The molecule has 1 atom stereocenters. The fourth-order valence-corrected chi connectivity index (χ4v) is 3.00. The quantitative estimate of drug-likeness (QED) is 0.857. The van der Waals surface area contributed by atoms with E-state index in [2.05, 4.69) is 17.9 Å². The van der Waals surface area contributed by atoms with Gasteiger partial charge in [0.15, 0.2) is 0 Å². The molecule has 1 aliphatic rings. The molecule has 1 saturated carbocycles. The summed E-state index contributed by atoms with van der Waals surface area (Å²) in [5.74, 6) is 0.863. The van der Waals surface area contributed by atoms with Crippen LogP contribution in [0.3, 0.4) is 0 Å². The highest BCUT2D eigenvalue weighted by molar-refractivity contribution is 6.31. The zero-order valence-electron chi connectivity index (χ0n) is 12.0. The number of halogens is 1. The summed E-state index contributed by atoms with van der Waals surface area (Å²) in [5, 5.41) is 0.849. The SMILES string of the molecule is CCN(CC1CCC1)c1cccc(Cl)c1CC(C)N. The topological polar surface area (TPSA) is 29.3 Å². The maximum Gasteiger partial charge on any atom is 0.0459 e. The average Bonchev–Trinajstić information content (AvgIpc) is 2.31. The molecule has 2 N–H and O–H groups in total. The molecule has 2 rings (SSSR count). The molecule has 1 fully saturated rings. The lowest BCUT2D eigenvalue weighted by Gasteiger charge is -2.34. The Bertz CT molecular complexity index is 413. The van der Waals surface area contributed by atoms with Crippen LogP contribution in [0.25, 0.3) is 0 Å². The van der Waals surface area contributed by atoms with Crippen molar-refractivity contribution in [2.45, 2.75) is 45.6 Å². The number of hydrogen-bond acceptors (Lipinski definition) is 2. The molecule has 3 heteroatoms. The van der Waals surface area contributed by atoms with Crippen molar-refractivity contribution in [3.05, 3.63) is 28.8 Å². The molecule has 1 aromatic rings. The van der Waals surface area contributed by atoms with Crippen LogP contribution in [0.5, 0.6) is 0 Å². The third-order valence-corrected chi connectivity index (χ3v) is 4.40. The van der Waals surface area contributed by atoms with Crippen LogP contribution in [0, 0.1) is 5.92 Å². The van der Waals surface area contributed by atoms with Crippen molar-refractivity contribution in [3.8, 4) is 0 Å². The fourth-order valence-electron chi connectivity index (χ4n) is 2.75. The lowest BCUT2D eigenvalue weighted by atomic mass is 9.85. The Balaban J connectivity index is 2.21. The third-order valence-electron chi connectivity index (χ3n) is 4.05. The minimum Gasteiger partial charge on any atom is -0.371 e. The zero-order valence-corrected chi connectivity index (χ0v) is 12.8. The first kappa shape index (κ1) is 14.7. The van der Waals surface area contributed by atoms with Crippen LogP contribution in [0.2, 0.25) is 5.02 Å². The molecule has 0 saturated heterocycles. The van der Waals surface area contributed by atoms with E-state index >= 15 is 0 Å². The van der Waals surface area contributed by atoms with Crippen LogP contribution in [0.4, 0.5) is 5.69 Å². The normalized spacial score (nSPS) is 17.1. The van der Waals surface area contributed by atoms with Crippen molar-refractivity contribution < 1.29 is 0 Å². The molecule has 0 spiro atoms. The van der Waals surface area contributed by atoms with Gasteiger partial charge in [-0.05, 0) is 56.7 Å². The van der Waals surface area contributed by atoms with Crippen LogP contribution in [0.1, 0.15) is 38.7 Å². The van der Waals surface area contributed by atoms with Crippen molar-refractivity contribution >= 4 is 17.3 Å². The third kappa shape index (κ3) is 3.64. The van der Waals surface area contributed by atoms with Gasteiger partial charge in [-0.3, -0.25) is 0 Å².